The Kier molecular flexibility index (Phi) is 4.15. The Labute approximate surface area is 102 Å². The predicted octanol–water partition coefficient (Wildman–Crippen LogP) is 1.29. The third-order valence-corrected chi connectivity index (χ3v) is 4.82. The van der Waals surface area contributed by atoms with E-state index in [9.17, 15) is 8.42 Å². The lowest BCUT2D eigenvalue weighted by Crippen LogP contribution is -2.37. The zero-order valence-electron chi connectivity index (χ0n) is 9.63. The maximum atomic E-state index is 12.0. The van der Waals surface area contributed by atoms with Crippen LogP contribution in [0.3, 0.4) is 0 Å². The molecule has 1 heterocycles. The van der Waals surface area contributed by atoms with Gasteiger partial charge in [-0.1, -0.05) is 30.3 Å². The summed E-state index contributed by atoms with van der Waals surface area (Å²) in [6.45, 7) is 1.44. The fourth-order valence-corrected chi connectivity index (χ4v) is 3.30. The highest BCUT2D eigenvalue weighted by Crippen LogP contribution is 2.15. The van der Waals surface area contributed by atoms with Gasteiger partial charge in [-0.15, -0.1) is 0 Å². The maximum absolute atomic E-state index is 12.0. The van der Waals surface area contributed by atoms with E-state index in [1.807, 2.05) is 30.3 Å². The minimum Gasteiger partial charge on any atom is -0.381 e. The van der Waals surface area contributed by atoms with Crippen molar-refractivity contribution in [2.75, 3.05) is 13.2 Å². The Morgan fingerprint density at radius 3 is 2.47 bits per heavy atom. The Morgan fingerprint density at radius 1 is 1.18 bits per heavy atom. The lowest BCUT2D eigenvalue weighted by atomic mass is 10.2. The van der Waals surface area contributed by atoms with Crippen LogP contribution in [0.1, 0.15) is 18.4 Å². The van der Waals surface area contributed by atoms with E-state index < -0.39 is 10.0 Å². The quantitative estimate of drug-likeness (QED) is 0.882. The zero-order chi connectivity index (χ0) is 12.1. The molecule has 0 aromatic heterocycles. The molecule has 1 aliphatic rings. The van der Waals surface area contributed by atoms with Crippen LogP contribution < -0.4 is 4.72 Å². The molecule has 5 heteroatoms. The van der Waals surface area contributed by atoms with Gasteiger partial charge in [0.2, 0.25) is 10.0 Å². The van der Waals surface area contributed by atoms with E-state index >= 15 is 0 Å². The molecule has 1 aliphatic heterocycles. The molecule has 0 bridgehead atoms. The Balaban J connectivity index is 1.93. The molecule has 0 unspecified atom stereocenters. The van der Waals surface area contributed by atoms with Gasteiger partial charge in [-0.2, -0.15) is 0 Å². The molecule has 0 radical (unpaired) electrons. The highest BCUT2D eigenvalue weighted by atomic mass is 32.2. The van der Waals surface area contributed by atoms with Gasteiger partial charge in [0.1, 0.15) is 0 Å². The molecule has 1 aromatic rings. The average molecular weight is 255 g/mol. The molecule has 94 valence electrons. The SMILES string of the molecule is O=S(=O)(NCc1ccccc1)C1CCOCC1. The van der Waals surface area contributed by atoms with Crippen molar-refractivity contribution < 1.29 is 13.2 Å². The van der Waals surface area contributed by atoms with E-state index in [2.05, 4.69) is 4.72 Å². The first-order valence-electron chi connectivity index (χ1n) is 5.78. The second kappa shape index (κ2) is 5.62. The number of ether oxygens (including phenoxy) is 1. The van der Waals surface area contributed by atoms with Crippen molar-refractivity contribution in [3.05, 3.63) is 35.9 Å². The first kappa shape index (κ1) is 12.5. The maximum Gasteiger partial charge on any atom is 0.214 e. The van der Waals surface area contributed by atoms with Crippen LogP contribution in [0.25, 0.3) is 0 Å². The molecule has 2 rings (SSSR count). The summed E-state index contributed by atoms with van der Waals surface area (Å²) in [5.74, 6) is 0. The summed E-state index contributed by atoms with van der Waals surface area (Å²) >= 11 is 0. The Bertz CT molecular complexity index is 438. The van der Waals surface area contributed by atoms with Gasteiger partial charge in [0.05, 0.1) is 5.25 Å². The van der Waals surface area contributed by atoms with Crippen molar-refractivity contribution in [3.63, 3.8) is 0 Å². The third kappa shape index (κ3) is 3.52. The van der Waals surface area contributed by atoms with Crippen LogP contribution in [-0.4, -0.2) is 26.9 Å². The van der Waals surface area contributed by atoms with Crippen LogP contribution in [0.15, 0.2) is 30.3 Å². The average Bonchev–Trinajstić information content (AvgIpc) is 2.39. The summed E-state index contributed by atoms with van der Waals surface area (Å²) in [6.07, 6.45) is 1.17. The van der Waals surface area contributed by atoms with Gasteiger partial charge in [0.15, 0.2) is 0 Å². The first-order valence-corrected chi connectivity index (χ1v) is 7.33. The molecule has 1 saturated heterocycles. The summed E-state index contributed by atoms with van der Waals surface area (Å²) in [5.41, 5.74) is 0.975. The third-order valence-electron chi connectivity index (χ3n) is 2.93. The van der Waals surface area contributed by atoms with Crippen molar-refractivity contribution in [2.45, 2.75) is 24.6 Å². The van der Waals surface area contributed by atoms with Crippen molar-refractivity contribution >= 4 is 10.0 Å². The summed E-state index contributed by atoms with van der Waals surface area (Å²) in [4.78, 5) is 0. The van der Waals surface area contributed by atoms with E-state index in [1.54, 1.807) is 0 Å². The van der Waals surface area contributed by atoms with Crippen LogP contribution in [-0.2, 0) is 21.3 Å². The van der Waals surface area contributed by atoms with Crippen LogP contribution in [0.5, 0.6) is 0 Å². The number of rotatable bonds is 4. The Hall–Kier alpha value is -0.910. The molecule has 4 nitrogen and oxygen atoms in total. The van der Waals surface area contributed by atoms with Crippen LogP contribution in [0.2, 0.25) is 0 Å². The molecule has 17 heavy (non-hydrogen) atoms. The lowest BCUT2D eigenvalue weighted by molar-refractivity contribution is 0.0981. The first-order chi connectivity index (χ1) is 8.18. The van der Waals surface area contributed by atoms with Crippen LogP contribution >= 0.6 is 0 Å². The summed E-state index contributed by atoms with van der Waals surface area (Å²) in [6, 6.07) is 9.53. The lowest BCUT2D eigenvalue weighted by Gasteiger charge is -2.22. The molecule has 0 spiro atoms. The van der Waals surface area contributed by atoms with Gasteiger partial charge in [0.25, 0.3) is 0 Å². The van der Waals surface area contributed by atoms with E-state index in [-0.39, 0.29) is 5.25 Å². The van der Waals surface area contributed by atoms with E-state index in [0.717, 1.165) is 5.56 Å². The van der Waals surface area contributed by atoms with Gasteiger partial charge in [0, 0.05) is 19.8 Å². The number of hydrogen-bond donors (Lipinski definition) is 1. The van der Waals surface area contributed by atoms with Gasteiger partial charge in [-0.25, -0.2) is 13.1 Å². The highest BCUT2D eigenvalue weighted by Gasteiger charge is 2.27. The molecule has 0 aliphatic carbocycles. The fraction of sp³-hybridized carbons (Fsp3) is 0.500. The number of benzene rings is 1. The monoisotopic (exact) mass is 255 g/mol. The molecule has 1 N–H and O–H groups in total. The van der Waals surface area contributed by atoms with E-state index in [0.29, 0.717) is 32.6 Å². The molecule has 0 amide bonds. The minimum atomic E-state index is -3.21. The highest BCUT2D eigenvalue weighted by molar-refractivity contribution is 7.90. The van der Waals surface area contributed by atoms with E-state index in [4.69, 9.17) is 4.74 Å². The zero-order valence-corrected chi connectivity index (χ0v) is 10.4. The Morgan fingerprint density at radius 2 is 1.82 bits per heavy atom. The minimum absolute atomic E-state index is 0.306. The van der Waals surface area contributed by atoms with Crippen molar-refractivity contribution in [1.29, 1.82) is 0 Å². The second-order valence-corrected chi connectivity index (χ2v) is 6.21. The predicted molar refractivity (Wildman–Crippen MR) is 66.0 cm³/mol. The largest absolute Gasteiger partial charge is 0.381 e. The fourth-order valence-electron chi connectivity index (χ4n) is 1.88. The normalized spacial score (nSPS) is 18.1. The van der Waals surface area contributed by atoms with Gasteiger partial charge in [-0.05, 0) is 18.4 Å². The summed E-state index contributed by atoms with van der Waals surface area (Å²) in [5, 5.41) is -0.306. The summed E-state index contributed by atoms with van der Waals surface area (Å²) < 4.78 is 31.8. The topological polar surface area (TPSA) is 55.4 Å². The van der Waals surface area contributed by atoms with Crippen LogP contribution in [0.4, 0.5) is 0 Å². The van der Waals surface area contributed by atoms with Crippen LogP contribution in [0, 0.1) is 0 Å². The smallest absolute Gasteiger partial charge is 0.214 e. The molecule has 1 aromatic carbocycles. The second-order valence-electron chi connectivity index (χ2n) is 4.16. The van der Waals surface area contributed by atoms with Gasteiger partial charge < -0.3 is 4.74 Å². The molecule has 0 atom stereocenters. The molecule has 0 saturated carbocycles. The molecular formula is C12H17NO3S. The number of sulfonamides is 1. The van der Waals surface area contributed by atoms with E-state index in [1.165, 1.54) is 0 Å². The molecular weight excluding hydrogens is 238 g/mol. The molecule has 1 fully saturated rings. The summed E-state index contributed by atoms with van der Waals surface area (Å²) in [7, 11) is -3.21. The number of nitrogens with one attached hydrogen (secondary N) is 1. The van der Waals surface area contributed by atoms with Gasteiger partial charge >= 0.3 is 0 Å². The standard InChI is InChI=1S/C12H17NO3S/c14-17(15,12-6-8-16-9-7-12)13-10-11-4-2-1-3-5-11/h1-5,12-13H,6-10H2. The van der Waals surface area contributed by atoms with Crippen molar-refractivity contribution in [1.82, 2.24) is 4.72 Å². The van der Waals surface area contributed by atoms with Crippen molar-refractivity contribution in [2.24, 2.45) is 0 Å². The number of hydrogen-bond acceptors (Lipinski definition) is 3. The van der Waals surface area contributed by atoms with Crippen molar-refractivity contribution in [3.8, 4) is 0 Å². The van der Waals surface area contributed by atoms with Gasteiger partial charge in [-0.3, -0.25) is 0 Å².